The minimum atomic E-state index is -0.156. The van der Waals surface area contributed by atoms with Crippen molar-refractivity contribution in [3.8, 4) is 0 Å². The van der Waals surface area contributed by atoms with E-state index in [0.717, 1.165) is 30.8 Å². The molecule has 0 aliphatic carbocycles. The normalized spacial score (nSPS) is 16.2. The predicted molar refractivity (Wildman–Crippen MR) is 70.9 cm³/mol. The largest absolute Gasteiger partial charge is 0.370 e. The molecule has 1 aromatic heterocycles. The Bertz CT molecular complexity index is 468. The fourth-order valence-electron chi connectivity index (χ4n) is 2.27. The smallest absolute Gasteiger partial charge is 0.256 e. The summed E-state index contributed by atoms with van der Waals surface area (Å²) in [7, 11) is 0. The van der Waals surface area contributed by atoms with Crippen molar-refractivity contribution in [3.05, 3.63) is 21.7 Å². The van der Waals surface area contributed by atoms with Crippen LogP contribution in [0.5, 0.6) is 0 Å². The van der Waals surface area contributed by atoms with E-state index in [2.05, 4.69) is 29.1 Å². The number of hydrogen-bond donors (Lipinski definition) is 2. The van der Waals surface area contributed by atoms with Crippen molar-refractivity contribution in [2.75, 3.05) is 18.5 Å². The van der Waals surface area contributed by atoms with Crippen molar-refractivity contribution < 1.29 is 4.74 Å². The Morgan fingerprint density at radius 1 is 1.44 bits per heavy atom. The highest BCUT2D eigenvalue weighted by molar-refractivity contribution is 5.45. The van der Waals surface area contributed by atoms with Gasteiger partial charge in [-0.2, -0.15) is 0 Å². The predicted octanol–water partition coefficient (Wildman–Crippen LogP) is 1.86. The van der Waals surface area contributed by atoms with E-state index in [1.54, 1.807) is 0 Å². The van der Waals surface area contributed by atoms with Gasteiger partial charge in [-0.3, -0.25) is 4.79 Å². The number of ether oxygens (including phenoxy) is 1. The van der Waals surface area contributed by atoms with Gasteiger partial charge in [0.15, 0.2) is 0 Å². The summed E-state index contributed by atoms with van der Waals surface area (Å²) in [5, 5.41) is 3.19. The average molecular weight is 251 g/mol. The first-order valence-corrected chi connectivity index (χ1v) is 6.62. The lowest BCUT2D eigenvalue weighted by Gasteiger charge is -2.22. The van der Waals surface area contributed by atoms with Crippen LogP contribution >= 0.6 is 0 Å². The Kier molecular flexibility index (Phi) is 4.01. The molecular formula is C13H21N3O2. The maximum Gasteiger partial charge on any atom is 0.256 e. The zero-order chi connectivity index (χ0) is 13.1. The van der Waals surface area contributed by atoms with Gasteiger partial charge in [-0.05, 0) is 25.7 Å². The SMILES string of the molecule is CCOC(c1nc2c(c(=O)[nH]1)CCCN2)C(C)C. The van der Waals surface area contributed by atoms with Crippen LogP contribution in [0.2, 0.25) is 0 Å². The number of rotatable bonds is 4. The fourth-order valence-corrected chi connectivity index (χ4v) is 2.27. The zero-order valence-corrected chi connectivity index (χ0v) is 11.2. The molecular weight excluding hydrogens is 230 g/mol. The number of anilines is 1. The highest BCUT2D eigenvalue weighted by atomic mass is 16.5. The lowest BCUT2D eigenvalue weighted by molar-refractivity contribution is 0.0231. The van der Waals surface area contributed by atoms with Crippen molar-refractivity contribution in [2.45, 2.75) is 39.7 Å². The van der Waals surface area contributed by atoms with E-state index in [4.69, 9.17) is 4.74 Å². The van der Waals surface area contributed by atoms with Crippen LogP contribution in [0.15, 0.2) is 4.79 Å². The van der Waals surface area contributed by atoms with Gasteiger partial charge in [0.2, 0.25) is 0 Å². The van der Waals surface area contributed by atoms with Gasteiger partial charge in [0.05, 0.1) is 5.56 Å². The molecule has 1 aliphatic heterocycles. The zero-order valence-electron chi connectivity index (χ0n) is 11.2. The minimum absolute atomic E-state index is 0.0347. The van der Waals surface area contributed by atoms with Crippen molar-refractivity contribution in [1.82, 2.24) is 9.97 Å². The maximum atomic E-state index is 12.0. The molecule has 0 spiro atoms. The minimum Gasteiger partial charge on any atom is -0.370 e. The molecule has 1 atom stereocenters. The van der Waals surface area contributed by atoms with Gasteiger partial charge in [0, 0.05) is 13.2 Å². The summed E-state index contributed by atoms with van der Waals surface area (Å²) in [6.45, 7) is 7.56. The lowest BCUT2D eigenvalue weighted by Crippen LogP contribution is -2.27. The molecule has 0 radical (unpaired) electrons. The van der Waals surface area contributed by atoms with E-state index < -0.39 is 0 Å². The first kappa shape index (κ1) is 13.1. The van der Waals surface area contributed by atoms with Gasteiger partial charge in [-0.15, -0.1) is 0 Å². The number of H-pyrrole nitrogens is 1. The molecule has 1 aromatic rings. The molecule has 2 N–H and O–H groups in total. The molecule has 5 nitrogen and oxygen atoms in total. The summed E-state index contributed by atoms with van der Waals surface area (Å²) in [5.41, 5.74) is 0.733. The van der Waals surface area contributed by atoms with Crippen LogP contribution in [0.1, 0.15) is 44.7 Å². The second kappa shape index (κ2) is 5.52. The summed E-state index contributed by atoms with van der Waals surface area (Å²) in [6, 6.07) is 0. The molecule has 1 aliphatic rings. The molecule has 2 rings (SSSR count). The number of nitrogens with zero attached hydrogens (tertiary/aromatic N) is 1. The Morgan fingerprint density at radius 2 is 2.22 bits per heavy atom. The molecule has 0 saturated heterocycles. The van der Waals surface area contributed by atoms with Crippen LogP contribution in [-0.2, 0) is 11.2 Å². The fraction of sp³-hybridized carbons (Fsp3) is 0.692. The average Bonchev–Trinajstić information content (AvgIpc) is 2.35. The van der Waals surface area contributed by atoms with Gasteiger partial charge in [0.1, 0.15) is 17.7 Å². The quantitative estimate of drug-likeness (QED) is 0.857. The van der Waals surface area contributed by atoms with E-state index in [1.807, 2.05) is 6.92 Å². The maximum absolute atomic E-state index is 12.0. The van der Waals surface area contributed by atoms with Gasteiger partial charge >= 0.3 is 0 Å². The summed E-state index contributed by atoms with van der Waals surface area (Å²) >= 11 is 0. The topological polar surface area (TPSA) is 67.0 Å². The molecule has 5 heteroatoms. The third-order valence-corrected chi connectivity index (χ3v) is 3.15. The van der Waals surface area contributed by atoms with Crippen LogP contribution in [-0.4, -0.2) is 23.1 Å². The van der Waals surface area contributed by atoms with Crippen LogP contribution < -0.4 is 10.9 Å². The van der Waals surface area contributed by atoms with E-state index in [-0.39, 0.29) is 17.6 Å². The molecule has 100 valence electrons. The monoisotopic (exact) mass is 251 g/mol. The molecule has 1 unspecified atom stereocenters. The Morgan fingerprint density at radius 3 is 2.89 bits per heavy atom. The van der Waals surface area contributed by atoms with E-state index >= 15 is 0 Å². The third kappa shape index (κ3) is 2.56. The molecule has 0 saturated carbocycles. The number of hydrogen-bond acceptors (Lipinski definition) is 4. The van der Waals surface area contributed by atoms with Gasteiger partial charge in [-0.25, -0.2) is 4.98 Å². The molecule has 0 fully saturated rings. The molecule has 0 aromatic carbocycles. The van der Waals surface area contributed by atoms with Crippen LogP contribution in [0.25, 0.3) is 0 Å². The van der Waals surface area contributed by atoms with E-state index in [1.165, 1.54) is 0 Å². The van der Waals surface area contributed by atoms with E-state index in [0.29, 0.717) is 12.4 Å². The van der Waals surface area contributed by atoms with Crippen LogP contribution in [0, 0.1) is 5.92 Å². The van der Waals surface area contributed by atoms with Crippen molar-refractivity contribution in [2.24, 2.45) is 5.92 Å². The summed E-state index contributed by atoms with van der Waals surface area (Å²) in [4.78, 5) is 19.4. The number of aromatic nitrogens is 2. The lowest BCUT2D eigenvalue weighted by atomic mass is 10.1. The van der Waals surface area contributed by atoms with Crippen LogP contribution in [0.3, 0.4) is 0 Å². The molecule has 18 heavy (non-hydrogen) atoms. The highest BCUT2D eigenvalue weighted by Crippen LogP contribution is 2.24. The summed E-state index contributed by atoms with van der Waals surface area (Å²) in [5.74, 6) is 1.63. The summed E-state index contributed by atoms with van der Waals surface area (Å²) in [6.07, 6.45) is 1.62. The van der Waals surface area contributed by atoms with Crippen molar-refractivity contribution in [3.63, 3.8) is 0 Å². The van der Waals surface area contributed by atoms with Gasteiger partial charge in [-0.1, -0.05) is 13.8 Å². The second-order valence-electron chi connectivity index (χ2n) is 4.93. The standard InChI is InChI=1S/C13H21N3O2/c1-4-18-10(8(2)3)12-15-11-9(13(17)16-12)6-5-7-14-11/h8,10H,4-7H2,1-3H3,(H2,14,15,16,17). The second-order valence-corrected chi connectivity index (χ2v) is 4.93. The summed E-state index contributed by atoms with van der Waals surface area (Å²) < 4.78 is 5.68. The number of nitrogens with one attached hydrogen (secondary N) is 2. The van der Waals surface area contributed by atoms with Crippen molar-refractivity contribution >= 4 is 5.82 Å². The van der Waals surface area contributed by atoms with E-state index in [9.17, 15) is 4.79 Å². The Hall–Kier alpha value is -1.36. The Balaban J connectivity index is 2.39. The molecule has 0 amide bonds. The van der Waals surface area contributed by atoms with Crippen LogP contribution in [0.4, 0.5) is 5.82 Å². The van der Waals surface area contributed by atoms with Crippen molar-refractivity contribution in [1.29, 1.82) is 0 Å². The van der Waals surface area contributed by atoms with Gasteiger partial charge < -0.3 is 15.0 Å². The first-order chi connectivity index (χ1) is 8.63. The first-order valence-electron chi connectivity index (χ1n) is 6.62. The third-order valence-electron chi connectivity index (χ3n) is 3.15. The number of fused-ring (bicyclic) bond motifs is 1. The number of aromatic amines is 1. The highest BCUT2D eigenvalue weighted by Gasteiger charge is 2.22. The van der Waals surface area contributed by atoms with Gasteiger partial charge in [0.25, 0.3) is 5.56 Å². The molecule has 2 heterocycles. The molecule has 0 bridgehead atoms. The Labute approximate surface area is 107 Å².